The van der Waals surface area contributed by atoms with Crippen molar-refractivity contribution < 1.29 is 13.2 Å². The number of nitriles is 1. The number of nitrogens with one attached hydrogen (secondary N) is 1. The van der Waals surface area contributed by atoms with Gasteiger partial charge in [0.1, 0.15) is 6.07 Å². The first kappa shape index (κ1) is 14.4. The lowest BCUT2D eigenvalue weighted by Crippen LogP contribution is -2.08. The van der Waals surface area contributed by atoms with Crippen molar-refractivity contribution >= 4 is 5.69 Å². The summed E-state index contributed by atoms with van der Waals surface area (Å²) in [7, 11) is 0. The molecule has 1 N–H and O–H groups in total. The van der Waals surface area contributed by atoms with Crippen LogP contribution in [0.3, 0.4) is 0 Å². The highest BCUT2D eigenvalue weighted by Gasteiger charge is 2.30. The number of hydrogen-bond donors (Lipinski definition) is 1. The SMILES string of the molecule is CCCCCNc1ccc(C(F)(F)F)cc1C#N. The molecule has 18 heavy (non-hydrogen) atoms. The fourth-order valence-corrected chi connectivity index (χ4v) is 1.57. The van der Waals surface area contributed by atoms with E-state index in [-0.39, 0.29) is 5.56 Å². The average molecular weight is 256 g/mol. The molecular weight excluding hydrogens is 241 g/mol. The van der Waals surface area contributed by atoms with Gasteiger partial charge in [0.25, 0.3) is 0 Å². The molecule has 1 rings (SSSR count). The molecule has 0 unspecified atom stereocenters. The molecule has 0 spiro atoms. The van der Waals surface area contributed by atoms with Crippen LogP contribution < -0.4 is 5.32 Å². The summed E-state index contributed by atoms with van der Waals surface area (Å²) in [6.07, 6.45) is -1.36. The van der Waals surface area contributed by atoms with Crippen molar-refractivity contribution in [3.63, 3.8) is 0 Å². The molecule has 0 aliphatic rings. The molecular formula is C13H15F3N2. The Labute approximate surface area is 104 Å². The Morgan fingerprint density at radius 3 is 2.56 bits per heavy atom. The van der Waals surface area contributed by atoms with Crippen molar-refractivity contribution in [1.82, 2.24) is 0 Å². The summed E-state index contributed by atoms with van der Waals surface area (Å²) < 4.78 is 37.4. The van der Waals surface area contributed by atoms with Crippen molar-refractivity contribution in [2.24, 2.45) is 0 Å². The van der Waals surface area contributed by atoms with E-state index in [1.165, 1.54) is 6.07 Å². The predicted molar refractivity (Wildman–Crippen MR) is 64.2 cm³/mol. The van der Waals surface area contributed by atoms with Gasteiger partial charge in [0, 0.05) is 6.54 Å². The summed E-state index contributed by atoms with van der Waals surface area (Å²) >= 11 is 0. The van der Waals surface area contributed by atoms with Crippen LogP contribution in [0.1, 0.15) is 37.3 Å². The zero-order valence-corrected chi connectivity index (χ0v) is 10.1. The molecule has 0 fully saturated rings. The minimum absolute atomic E-state index is 0.0290. The van der Waals surface area contributed by atoms with Crippen LogP contribution in [0.25, 0.3) is 0 Å². The molecule has 1 aromatic rings. The molecule has 0 amide bonds. The van der Waals surface area contributed by atoms with E-state index in [1.54, 1.807) is 6.07 Å². The molecule has 1 aromatic carbocycles. The number of rotatable bonds is 5. The summed E-state index contributed by atoms with van der Waals surface area (Å²) in [5.41, 5.74) is -0.305. The second kappa shape index (κ2) is 6.29. The van der Waals surface area contributed by atoms with Gasteiger partial charge in [0.05, 0.1) is 16.8 Å². The highest BCUT2D eigenvalue weighted by Crippen LogP contribution is 2.31. The molecule has 0 aromatic heterocycles. The van der Waals surface area contributed by atoms with Crippen LogP contribution in [0, 0.1) is 11.3 Å². The van der Waals surface area contributed by atoms with Gasteiger partial charge in [-0.25, -0.2) is 0 Å². The topological polar surface area (TPSA) is 35.8 Å². The van der Waals surface area contributed by atoms with Gasteiger partial charge in [-0.15, -0.1) is 0 Å². The number of alkyl halides is 3. The quantitative estimate of drug-likeness (QED) is 0.802. The molecule has 0 radical (unpaired) electrons. The third-order valence-corrected chi connectivity index (χ3v) is 2.56. The van der Waals surface area contributed by atoms with Crippen LogP contribution in [-0.4, -0.2) is 6.54 Å². The number of unbranched alkanes of at least 4 members (excludes halogenated alkanes) is 2. The fraction of sp³-hybridized carbons (Fsp3) is 0.462. The van der Waals surface area contributed by atoms with E-state index < -0.39 is 11.7 Å². The average Bonchev–Trinajstić information content (AvgIpc) is 2.33. The van der Waals surface area contributed by atoms with E-state index in [4.69, 9.17) is 5.26 Å². The van der Waals surface area contributed by atoms with Gasteiger partial charge in [0.2, 0.25) is 0 Å². The summed E-state index contributed by atoms with van der Waals surface area (Å²) in [5, 5.41) is 11.8. The lowest BCUT2D eigenvalue weighted by atomic mass is 10.1. The highest BCUT2D eigenvalue weighted by molar-refractivity contribution is 5.58. The number of halogens is 3. The number of nitrogens with zero attached hydrogens (tertiary/aromatic N) is 1. The molecule has 98 valence electrons. The first-order valence-electron chi connectivity index (χ1n) is 5.84. The van der Waals surface area contributed by atoms with Gasteiger partial charge in [-0.1, -0.05) is 19.8 Å². The van der Waals surface area contributed by atoms with Gasteiger partial charge in [-0.05, 0) is 24.6 Å². The maximum atomic E-state index is 12.5. The Kier molecular flexibility index (Phi) is 5.02. The van der Waals surface area contributed by atoms with Gasteiger partial charge in [0.15, 0.2) is 0 Å². The third-order valence-electron chi connectivity index (χ3n) is 2.56. The molecule has 2 nitrogen and oxygen atoms in total. The lowest BCUT2D eigenvalue weighted by molar-refractivity contribution is -0.137. The summed E-state index contributed by atoms with van der Waals surface area (Å²) in [6.45, 7) is 2.73. The Morgan fingerprint density at radius 2 is 2.00 bits per heavy atom. The smallest absolute Gasteiger partial charge is 0.384 e. The van der Waals surface area contributed by atoms with Crippen LogP contribution in [0.5, 0.6) is 0 Å². The largest absolute Gasteiger partial charge is 0.416 e. The van der Waals surface area contributed by atoms with Crippen LogP contribution in [0.2, 0.25) is 0 Å². The van der Waals surface area contributed by atoms with Crippen molar-refractivity contribution in [1.29, 1.82) is 5.26 Å². The van der Waals surface area contributed by atoms with Gasteiger partial charge >= 0.3 is 6.18 Å². The Balaban J connectivity index is 2.79. The zero-order valence-electron chi connectivity index (χ0n) is 10.1. The summed E-state index contributed by atoms with van der Waals surface area (Å²) in [6, 6.07) is 4.97. The monoisotopic (exact) mass is 256 g/mol. The van der Waals surface area contributed by atoms with Crippen LogP contribution >= 0.6 is 0 Å². The van der Waals surface area contributed by atoms with Crippen molar-refractivity contribution in [2.45, 2.75) is 32.4 Å². The Morgan fingerprint density at radius 1 is 1.28 bits per heavy atom. The predicted octanol–water partition coefficient (Wildman–Crippen LogP) is 4.18. The minimum atomic E-state index is -4.41. The second-order valence-electron chi connectivity index (χ2n) is 4.00. The Hall–Kier alpha value is -1.70. The van der Waals surface area contributed by atoms with Crippen LogP contribution in [0.15, 0.2) is 18.2 Å². The van der Waals surface area contributed by atoms with E-state index in [1.807, 2.05) is 0 Å². The summed E-state index contributed by atoms with van der Waals surface area (Å²) in [5.74, 6) is 0. The van der Waals surface area contributed by atoms with E-state index in [0.29, 0.717) is 12.2 Å². The van der Waals surface area contributed by atoms with E-state index >= 15 is 0 Å². The van der Waals surface area contributed by atoms with Crippen molar-refractivity contribution in [3.05, 3.63) is 29.3 Å². The molecule has 0 saturated carbocycles. The highest BCUT2D eigenvalue weighted by atomic mass is 19.4. The second-order valence-corrected chi connectivity index (χ2v) is 4.00. The lowest BCUT2D eigenvalue weighted by Gasteiger charge is -2.11. The fourth-order valence-electron chi connectivity index (χ4n) is 1.57. The molecule has 0 saturated heterocycles. The molecule has 0 aliphatic heterocycles. The molecule has 0 bridgehead atoms. The van der Waals surface area contributed by atoms with E-state index in [2.05, 4.69) is 12.2 Å². The third kappa shape index (κ3) is 3.95. The van der Waals surface area contributed by atoms with Crippen LogP contribution in [-0.2, 0) is 6.18 Å². The Bertz CT molecular complexity index is 433. The number of benzene rings is 1. The zero-order chi connectivity index (χ0) is 13.6. The number of hydrogen-bond acceptors (Lipinski definition) is 2. The van der Waals surface area contributed by atoms with E-state index in [0.717, 1.165) is 31.4 Å². The molecule has 0 heterocycles. The maximum absolute atomic E-state index is 12.5. The van der Waals surface area contributed by atoms with Crippen molar-refractivity contribution in [3.8, 4) is 6.07 Å². The first-order chi connectivity index (χ1) is 8.49. The van der Waals surface area contributed by atoms with Gasteiger partial charge in [-0.2, -0.15) is 18.4 Å². The summed E-state index contributed by atoms with van der Waals surface area (Å²) in [4.78, 5) is 0. The van der Waals surface area contributed by atoms with Gasteiger partial charge in [-0.3, -0.25) is 0 Å². The first-order valence-corrected chi connectivity index (χ1v) is 5.84. The van der Waals surface area contributed by atoms with E-state index in [9.17, 15) is 13.2 Å². The molecule has 0 atom stereocenters. The minimum Gasteiger partial charge on any atom is -0.384 e. The van der Waals surface area contributed by atoms with Crippen LogP contribution in [0.4, 0.5) is 18.9 Å². The van der Waals surface area contributed by atoms with Crippen molar-refractivity contribution in [2.75, 3.05) is 11.9 Å². The standard InChI is InChI=1S/C13H15F3N2/c1-2-3-4-7-18-12-6-5-11(13(14,15)16)8-10(12)9-17/h5-6,8,18H,2-4,7H2,1H3. The number of anilines is 1. The molecule has 0 aliphatic carbocycles. The normalized spacial score (nSPS) is 11.1. The maximum Gasteiger partial charge on any atom is 0.416 e. The molecule has 5 heteroatoms. The van der Waals surface area contributed by atoms with Gasteiger partial charge < -0.3 is 5.32 Å².